The molecule has 7 heteroatoms. The lowest BCUT2D eigenvalue weighted by Gasteiger charge is -2.16. The first kappa shape index (κ1) is 15.2. The second-order valence-electron chi connectivity index (χ2n) is 5.11. The summed E-state index contributed by atoms with van der Waals surface area (Å²) in [6.07, 6.45) is 0.378. The number of para-hydroxylation sites is 1. The number of urea groups is 1. The molecule has 3 N–H and O–H groups in total. The van der Waals surface area contributed by atoms with Gasteiger partial charge in [-0.3, -0.25) is 5.32 Å². The molecule has 1 aromatic carbocycles. The lowest BCUT2D eigenvalue weighted by molar-refractivity contribution is -0.139. The number of carbonyl (C=O) groups excluding carboxylic acids is 1. The van der Waals surface area contributed by atoms with Gasteiger partial charge in [-0.1, -0.05) is 37.3 Å². The molecule has 2 rings (SSSR count). The van der Waals surface area contributed by atoms with Crippen LogP contribution in [0.4, 0.5) is 9.93 Å². The van der Waals surface area contributed by atoms with E-state index in [1.807, 2.05) is 38.1 Å². The molecule has 0 aliphatic heterocycles. The number of nitrogens with zero attached hydrogens (tertiary/aromatic N) is 1. The molecule has 6 nitrogen and oxygen atoms in total. The SMILES string of the molecule is CC(C)C[C@H](NC(=O)Nc1nc2ccccc2s1)C(=O)O. The molecule has 1 aromatic heterocycles. The highest BCUT2D eigenvalue weighted by atomic mass is 32.1. The summed E-state index contributed by atoms with van der Waals surface area (Å²) in [4.78, 5) is 27.2. The molecule has 0 unspecified atom stereocenters. The van der Waals surface area contributed by atoms with Gasteiger partial charge in [0.25, 0.3) is 0 Å². The van der Waals surface area contributed by atoms with Crippen LogP contribution in [0.1, 0.15) is 20.3 Å². The van der Waals surface area contributed by atoms with E-state index in [1.54, 1.807) is 0 Å². The third kappa shape index (κ3) is 4.16. The molecule has 2 aromatic rings. The molecule has 0 saturated carbocycles. The molecule has 2 amide bonds. The molecule has 0 fully saturated rings. The van der Waals surface area contributed by atoms with Crippen molar-refractivity contribution in [2.24, 2.45) is 5.92 Å². The van der Waals surface area contributed by atoms with Gasteiger partial charge >= 0.3 is 12.0 Å². The second-order valence-corrected chi connectivity index (χ2v) is 6.14. The summed E-state index contributed by atoms with van der Waals surface area (Å²) in [7, 11) is 0. The Morgan fingerprint density at radius 3 is 2.67 bits per heavy atom. The van der Waals surface area contributed by atoms with E-state index < -0.39 is 18.0 Å². The fraction of sp³-hybridized carbons (Fsp3) is 0.357. The van der Waals surface area contributed by atoms with E-state index in [0.717, 1.165) is 10.2 Å². The van der Waals surface area contributed by atoms with Crippen molar-refractivity contribution >= 4 is 38.7 Å². The van der Waals surface area contributed by atoms with Gasteiger partial charge < -0.3 is 10.4 Å². The number of nitrogens with one attached hydrogen (secondary N) is 2. The van der Waals surface area contributed by atoms with E-state index in [-0.39, 0.29) is 5.92 Å². The number of aromatic nitrogens is 1. The van der Waals surface area contributed by atoms with E-state index in [2.05, 4.69) is 15.6 Å². The Morgan fingerprint density at radius 2 is 2.05 bits per heavy atom. The minimum Gasteiger partial charge on any atom is -0.480 e. The number of anilines is 1. The molecular formula is C14H17N3O3S. The van der Waals surface area contributed by atoms with Gasteiger partial charge in [-0.15, -0.1) is 0 Å². The third-order valence-electron chi connectivity index (χ3n) is 2.82. The van der Waals surface area contributed by atoms with E-state index in [4.69, 9.17) is 5.11 Å². The van der Waals surface area contributed by atoms with E-state index in [9.17, 15) is 9.59 Å². The number of fused-ring (bicyclic) bond motifs is 1. The number of aliphatic carboxylic acids is 1. The van der Waals surface area contributed by atoms with Crippen LogP contribution in [0.3, 0.4) is 0 Å². The van der Waals surface area contributed by atoms with Gasteiger partial charge in [0.05, 0.1) is 10.2 Å². The van der Waals surface area contributed by atoms with Crippen molar-refractivity contribution in [1.82, 2.24) is 10.3 Å². The van der Waals surface area contributed by atoms with E-state index in [1.165, 1.54) is 11.3 Å². The number of carboxylic acids is 1. The normalized spacial score (nSPS) is 12.3. The Hall–Kier alpha value is -2.15. The third-order valence-corrected chi connectivity index (χ3v) is 3.78. The zero-order valence-electron chi connectivity index (χ0n) is 11.8. The lowest BCUT2D eigenvalue weighted by atomic mass is 10.0. The van der Waals surface area contributed by atoms with Gasteiger partial charge in [0.2, 0.25) is 0 Å². The van der Waals surface area contributed by atoms with Crippen molar-refractivity contribution in [3.8, 4) is 0 Å². The van der Waals surface area contributed by atoms with E-state index in [0.29, 0.717) is 11.6 Å². The lowest BCUT2D eigenvalue weighted by Crippen LogP contribution is -2.43. The fourth-order valence-electron chi connectivity index (χ4n) is 1.91. The maximum Gasteiger partial charge on any atom is 0.326 e. The van der Waals surface area contributed by atoms with Crippen LogP contribution in [-0.4, -0.2) is 28.1 Å². The summed E-state index contributed by atoms with van der Waals surface area (Å²) in [6.45, 7) is 3.81. The van der Waals surface area contributed by atoms with Crippen LogP contribution in [0.5, 0.6) is 0 Å². The Morgan fingerprint density at radius 1 is 1.33 bits per heavy atom. The summed E-state index contributed by atoms with van der Waals surface area (Å²) < 4.78 is 0.963. The van der Waals surface area contributed by atoms with Gasteiger partial charge in [-0.2, -0.15) is 0 Å². The first-order chi connectivity index (χ1) is 9.95. The van der Waals surface area contributed by atoms with Crippen LogP contribution in [-0.2, 0) is 4.79 Å². The van der Waals surface area contributed by atoms with Crippen LogP contribution < -0.4 is 10.6 Å². The quantitative estimate of drug-likeness (QED) is 0.792. The first-order valence-corrected chi connectivity index (χ1v) is 7.43. The van der Waals surface area contributed by atoms with Crippen LogP contribution in [0.2, 0.25) is 0 Å². The Bertz CT molecular complexity index is 621. The maximum atomic E-state index is 11.9. The topological polar surface area (TPSA) is 91.3 Å². The van der Waals surface area contributed by atoms with Crippen molar-refractivity contribution in [1.29, 1.82) is 0 Å². The van der Waals surface area contributed by atoms with Gasteiger partial charge in [-0.25, -0.2) is 14.6 Å². The van der Waals surface area contributed by atoms with Crippen LogP contribution in [0.25, 0.3) is 10.2 Å². The molecule has 1 atom stereocenters. The number of benzene rings is 1. The maximum absolute atomic E-state index is 11.9. The number of hydrogen-bond acceptors (Lipinski definition) is 4. The van der Waals surface area contributed by atoms with Crippen molar-refractivity contribution in [2.45, 2.75) is 26.3 Å². The molecule has 0 spiro atoms. The van der Waals surface area contributed by atoms with Gasteiger partial charge in [0, 0.05) is 0 Å². The highest BCUT2D eigenvalue weighted by Gasteiger charge is 2.21. The molecule has 112 valence electrons. The van der Waals surface area contributed by atoms with Crippen molar-refractivity contribution in [3.05, 3.63) is 24.3 Å². The molecule has 1 heterocycles. The summed E-state index contributed by atoms with van der Waals surface area (Å²) in [5, 5.41) is 14.6. The van der Waals surface area contributed by atoms with Gasteiger partial charge in [0.15, 0.2) is 5.13 Å². The molecule has 0 bridgehead atoms. The fourth-order valence-corrected chi connectivity index (χ4v) is 2.77. The van der Waals surface area contributed by atoms with Gasteiger partial charge in [-0.05, 0) is 24.5 Å². The number of thiazole rings is 1. The first-order valence-electron chi connectivity index (χ1n) is 6.61. The van der Waals surface area contributed by atoms with Crippen LogP contribution in [0.15, 0.2) is 24.3 Å². The molecule has 0 aliphatic carbocycles. The van der Waals surface area contributed by atoms with Crippen LogP contribution >= 0.6 is 11.3 Å². The minimum atomic E-state index is -1.04. The molecule has 21 heavy (non-hydrogen) atoms. The number of amides is 2. The highest BCUT2D eigenvalue weighted by Crippen LogP contribution is 2.25. The monoisotopic (exact) mass is 307 g/mol. The predicted molar refractivity (Wildman–Crippen MR) is 82.7 cm³/mol. The number of carboxylic acid groups (broad SMARTS) is 1. The summed E-state index contributed by atoms with van der Waals surface area (Å²) in [5.74, 6) is -0.864. The Labute approximate surface area is 126 Å². The number of carbonyl (C=O) groups is 2. The molecule has 0 aliphatic rings. The Balaban J connectivity index is 2.01. The molecule has 0 radical (unpaired) electrons. The zero-order chi connectivity index (χ0) is 15.4. The smallest absolute Gasteiger partial charge is 0.326 e. The standard InChI is InChI=1S/C14H17N3O3S/c1-8(2)7-10(12(18)19)15-13(20)17-14-16-9-5-3-4-6-11(9)21-14/h3-6,8,10H,7H2,1-2H3,(H,18,19)(H2,15,16,17,20)/t10-/m0/s1. The number of rotatable bonds is 5. The van der Waals surface area contributed by atoms with Crippen molar-refractivity contribution < 1.29 is 14.7 Å². The highest BCUT2D eigenvalue weighted by molar-refractivity contribution is 7.22. The van der Waals surface area contributed by atoms with Crippen molar-refractivity contribution in [3.63, 3.8) is 0 Å². The molecule has 0 saturated heterocycles. The minimum absolute atomic E-state index is 0.175. The average Bonchev–Trinajstić information content (AvgIpc) is 2.79. The summed E-state index contributed by atoms with van der Waals surface area (Å²) >= 11 is 1.34. The van der Waals surface area contributed by atoms with E-state index >= 15 is 0 Å². The average molecular weight is 307 g/mol. The second kappa shape index (κ2) is 6.53. The zero-order valence-corrected chi connectivity index (χ0v) is 12.6. The summed E-state index contributed by atoms with van der Waals surface area (Å²) in [6, 6.07) is 6.08. The number of hydrogen-bond donors (Lipinski definition) is 3. The predicted octanol–water partition coefficient (Wildman–Crippen LogP) is 2.92. The van der Waals surface area contributed by atoms with Gasteiger partial charge in [0.1, 0.15) is 6.04 Å². The molecular weight excluding hydrogens is 290 g/mol. The Kier molecular flexibility index (Phi) is 4.74. The largest absolute Gasteiger partial charge is 0.480 e. The van der Waals surface area contributed by atoms with Crippen molar-refractivity contribution in [2.75, 3.05) is 5.32 Å². The van der Waals surface area contributed by atoms with Crippen LogP contribution in [0, 0.1) is 5.92 Å². The summed E-state index contributed by atoms with van der Waals surface area (Å²) in [5.41, 5.74) is 0.801.